The number of hydrogen-bond donors (Lipinski definition) is 2. The fraction of sp³-hybridized carbons (Fsp3) is 0.714. The number of nitrogens with one attached hydrogen (secondary N) is 2. The van der Waals surface area contributed by atoms with Gasteiger partial charge in [0.15, 0.2) is 5.96 Å². The van der Waals surface area contributed by atoms with Crippen LogP contribution in [0.1, 0.15) is 26.0 Å². The van der Waals surface area contributed by atoms with Crippen LogP contribution in [0, 0.1) is 5.92 Å². The van der Waals surface area contributed by atoms with Gasteiger partial charge >= 0.3 is 0 Å². The second kappa shape index (κ2) is 11.8. The van der Waals surface area contributed by atoms with Crippen LogP contribution in [0.15, 0.2) is 17.3 Å². The third-order valence-electron chi connectivity index (χ3n) is 2.79. The maximum Gasteiger partial charge on any atom is 0.191 e. The molecule has 0 aliphatic heterocycles. The summed E-state index contributed by atoms with van der Waals surface area (Å²) in [5, 5.41) is 10.7. The summed E-state index contributed by atoms with van der Waals surface area (Å²) >= 11 is 0. The summed E-state index contributed by atoms with van der Waals surface area (Å²) < 4.78 is 7.38. The van der Waals surface area contributed by atoms with Crippen LogP contribution >= 0.6 is 24.0 Å². The van der Waals surface area contributed by atoms with E-state index in [1.807, 2.05) is 17.8 Å². The number of hydrogen-bond acceptors (Lipinski definition) is 3. The van der Waals surface area contributed by atoms with Crippen molar-refractivity contribution in [2.45, 2.75) is 26.8 Å². The standard InChI is InChI=1S/C14H27N5O.HI/c1-12(2)11-20-9-5-7-16-14(15-3)17-10-13-6-8-18-19(13)4;/h6,8,12H,5,7,9-11H2,1-4H3,(H2,15,16,17);1H. The number of nitrogens with zero attached hydrogens (tertiary/aromatic N) is 3. The van der Waals surface area contributed by atoms with Gasteiger partial charge in [-0.1, -0.05) is 13.8 Å². The van der Waals surface area contributed by atoms with Gasteiger partial charge < -0.3 is 15.4 Å². The van der Waals surface area contributed by atoms with Crippen LogP contribution in [0.2, 0.25) is 0 Å². The fourth-order valence-electron chi connectivity index (χ4n) is 1.67. The first-order valence-corrected chi connectivity index (χ1v) is 7.12. The number of aryl methyl sites for hydroxylation is 1. The average Bonchev–Trinajstić information content (AvgIpc) is 2.82. The fourth-order valence-corrected chi connectivity index (χ4v) is 1.67. The maximum atomic E-state index is 5.53. The topological polar surface area (TPSA) is 63.5 Å². The molecule has 122 valence electrons. The molecule has 1 heterocycles. The van der Waals surface area contributed by atoms with Crippen molar-refractivity contribution in [2.24, 2.45) is 18.0 Å². The van der Waals surface area contributed by atoms with E-state index in [1.165, 1.54) is 0 Å². The molecule has 1 rings (SSSR count). The Morgan fingerprint density at radius 3 is 2.76 bits per heavy atom. The molecular formula is C14H28IN5O. The van der Waals surface area contributed by atoms with E-state index in [0.29, 0.717) is 12.5 Å². The number of aliphatic imine (C=N–C) groups is 1. The van der Waals surface area contributed by atoms with Crippen LogP contribution in [-0.2, 0) is 18.3 Å². The Hall–Kier alpha value is -0.830. The lowest BCUT2D eigenvalue weighted by Crippen LogP contribution is -2.38. The minimum Gasteiger partial charge on any atom is -0.381 e. The lowest BCUT2D eigenvalue weighted by atomic mass is 10.2. The zero-order valence-electron chi connectivity index (χ0n) is 13.4. The Bertz CT molecular complexity index is 406. The van der Waals surface area contributed by atoms with Crippen LogP contribution < -0.4 is 10.6 Å². The van der Waals surface area contributed by atoms with Crippen LogP contribution in [0.5, 0.6) is 0 Å². The molecule has 0 unspecified atom stereocenters. The minimum absolute atomic E-state index is 0. The van der Waals surface area contributed by atoms with Gasteiger partial charge in [0.2, 0.25) is 0 Å². The summed E-state index contributed by atoms with van der Waals surface area (Å²) in [6.45, 7) is 7.48. The minimum atomic E-state index is 0. The number of aromatic nitrogens is 2. The van der Waals surface area contributed by atoms with Crippen molar-refractivity contribution in [2.75, 3.05) is 26.8 Å². The molecule has 0 amide bonds. The van der Waals surface area contributed by atoms with Crippen LogP contribution in [-0.4, -0.2) is 42.5 Å². The first kappa shape index (κ1) is 20.2. The predicted octanol–water partition coefficient (Wildman–Crippen LogP) is 1.77. The lowest BCUT2D eigenvalue weighted by Gasteiger charge is -2.12. The predicted molar refractivity (Wildman–Crippen MR) is 97.1 cm³/mol. The summed E-state index contributed by atoms with van der Waals surface area (Å²) in [5.41, 5.74) is 1.12. The van der Waals surface area contributed by atoms with Gasteiger partial charge in [0.1, 0.15) is 0 Å². The lowest BCUT2D eigenvalue weighted by molar-refractivity contribution is 0.108. The molecule has 0 saturated carbocycles. The Morgan fingerprint density at radius 1 is 1.43 bits per heavy atom. The van der Waals surface area contributed by atoms with Crippen LogP contribution in [0.25, 0.3) is 0 Å². The Labute approximate surface area is 144 Å². The first-order valence-electron chi connectivity index (χ1n) is 7.12. The molecule has 1 aromatic heterocycles. The highest BCUT2D eigenvalue weighted by Gasteiger charge is 2.01. The van der Waals surface area contributed by atoms with Crippen LogP contribution in [0.4, 0.5) is 0 Å². The second-order valence-corrected chi connectivity index (χ2v) is 5.12. The van der Waals surface area contributed by atoms with E-state index in [4.69, 9.17) is 4.74 Å². The molecule has 0 saturated heterocycles. The molecular weight excluding hydrogens is 381 g/mol. The summed E-state index contributed by atoms with van der Waals surface area (Å²) in [4.78, 5) is 4.19. The number of rotatable bonds is 8. The molecule has 6 nitrogen and oxygen atoms in total. The van der Waals surface area contributed by atoms with Crippen LogP contribution in [0.3, 0.4) is 0 Å². The third-order valence-corrected chi connectivity index (χ3v) is 2.79. The van der Waals surface area contributed by atoms with E-state index in [0.717, 1.165) is 37.8 Å². The molecule has 21 heavy (non-hydrogen) atoms. The summed E-state index contributed by atoms with van der Waals surface area (Å²) in [6, 6.07) is 1.99. The van der Waals surface area contributed by atoms with E-state index in [-0.39, 0.29) is 24.0 Å². The van der Waals surface area contributed by atoms with Gasteiger partial charge in [0, 0.05) is 40.1 Å². The molecule has 0 radical (unpaired) electrons. The van der Waals surface area contributed by atoms with Crippen molar-refractivity contribution in [1.29, 1.82) is 0 Å². The Morgan fingerprint density at radius 2 is 2.19 bits per heavy atom. The highest BCUT2D eigenvalue weighted by molar-refractivity contribution is 14.0. The molecule has 0 atom stereocenters. The molecule has 2 N–H and O–H groups in total. The number of halogens is 1. The van der Waals surface area contributed by atoms with Gasteiger partial charge in [0.05, 0.1) is 12.2 Å². The monoisotopic (exact) mass is 409 g/mol. The first-order chi connectivity index (χ1) is 9.63. The third kappa shape index (κ3) is 8.92. The van der Waals surface area contributed by atoms with Gasteiger partial charge in [-0.3, -0.25) is 9.67 Å². The van der Waals surface area contributed by atoms with Gasteiger partial charge in [-0.25, -0.2) is 0 Å². The second-order valence-electron chi connectivity index (χ2n) is 5.12. The summed E-state index contributed by atoms with van der Waals surface area (Å²) in [6.07, 6.45) is 2.76. The van der Waals surface area contributed by atoms with Crippen molar-refractivity contribution >= 4 is 29.9 Å². The highest BCUT2D eigenvalue weighted by Crippen LogP contribution is 1.95. The van der Waals surface area contributed by atoms with Gasteiger partial charge in [-0.2, -0.15) is 5.10 Å². The summed E-state index contributed by atoms with van der Waals surface area (Å²) in [7, 11) is 3.70. The maximum absolute atomic E-state index is 5.53. The van der Waals surface area contributed by atoms with Crippen molar-refractivity contribution in [3.05, 3.63) is 18.0 Å². The molecule has 0 bridgehead atoms. The van der Waals surface area contributed by atoms with Crippen molar-refractivity contribution in [3.8, 4) is 0 Å². The molecule has 0 spiro atoms. The Balaban J connectivity index is 0.00000400. The summed E-state index contributed by atoms with van der Waals surface area (Å²) in [5.74, 6) is 1.39. The van der Waals surface area contributed by atoms with Gasteiger partial charge in [-0.15, -0.1) is 24.0 Å². The zero-order chi connectivity index (χ0) is 14.8. The van der Waals surface area contributed by atoms with Gasteiger partial charge in [-0.05, 0) is 18.4 Å². The van der Waals surface area contributed by atoms with Crippen molar-refractivity contribution < 1.29 is 4.74 Å². The quantitative estimate of drug-likeness (QED) is 0.297. The average molecular weight is 409 g/mol. The number of ether oxygens (including phenoxy) is 1. The number of guanidine groups is 1. The van der Waals surface area contributed by atoms with E-state index in [1.54, 1.807) is 13.2 Å². The molecule has 7 heteroatoms. The van der Waals surface area contributed by atoms with Crippen molar-refractivity contribution in [1.82, 2.24) is 20.4 Å². The van der Waals surface area contributed by atoms with E-state index >= 15 is 0 Å². The molecule has 1 aromatic rings. The highest BCUT2D eigenvalue weighted by atomic mass is 127. The molecule has 0 aliphatic rings. The zero-order valence-corrected chi connectivity index (χ0v) is 15.8. The van der Waals surface area contributed by atoms with Crippen molar-refractivity contribution in [3.63, 3.8) is 0 Å². The smallest absolute Gasteiger partial charge is 0.191 e. The van der Waals surface area contributed by atoms with E-state index in [2.05, 4.69) is 34.6 Å². The van der Waals surface area contributed by atoms with E-state index < -0.39 is 0 Å². The normalized spacial score (nSPS) is 11.4. The molecule has 0 aliphatic carbocycles. The van der Waals surface area contributed by atoms with E-state index in [9.17, 15) is 0 Å². The molecule has 0 aromatic carbocycles. The Kier molecular flexibility index (Phi) is 11.3. The SMILES string of the molecule is CN=C(NCCCOCC(C)C)NCc1ccnn1C.I. The molecule has 0 fully saturated rings. The van der Waals surface area contributed by atoms with Gasteiger partial charge in [0.25, 0.3) is 0 Å². The largest absolute Gasteiger partial charge is 0.381 e.